The first-order chi connectivity index (χ1) is 12.1. The van der Waals surface area contributed by atoms with Crippen molar-refractivity contribution in [2.45, 2.75) is 13.5 Å². The van der Waals surface area contributed by atoms with Crippen molar-refractivity contribution in [3.63, 3.8) is 0 Å². The minimum absolute atomic E-state index is 0. The molecule has 7 nitrogen and oxygen atoms in total. The van der Waals surface area contributed by atoms with E-state index in [1.54, 1.807) is 6.20 Å². The second-order valence-electron chi connectivity index (χ2n) is 5.36. The molecule has 3 aromatic heterocycles. The first kappa shape index (κ1) is 17.7. The predicted molar refractivity (Wildman–Crippen MR) is 93.5 cm³/mol. The van der Waals surface area contributed by atoms with E-state index in [0.29, 0.717) is 34.7 Å². The van der Waals surface area contributed by atoms with Gasteiger partial charge in [-0.25, -0.2) is 18.4 Å². The van der Waals surface area contributed by atoms with E-state index in [-0.39, 0.29) is 23.8 Å². The maximum Gasteiger partial charge on any atom is 0.199 e. The monoisotopic (exact) mass is 378 g/mol. The third-order valence-corrected chi connectivity index (χ3v) is 3.91. The lowest BCUT2D eigenvalue weighted by molar-refractivity contribution is 0.310. The van der Waals surface area contributed by atoms with Gasteiger partial charge >= 0.3 is 0 Å². The fourth-order valence-electron chi connectivity index (χ4n) is 2.83. The van der Waals surface area contributed by atoms with E-state index in [0.717, 1.165) is 6.07 Å². The molecule has 4 aromatic rings. The Morgan fingerprint density at radius 3 is 2.62 bits per heavy atom. The summed E-state index contributed by atoms with van der Waals surface area (Å²) in [4.78, 5) is 8.60. The van der Waals surface area contributed by atoms with Crippen molar-refractivity contribution in [3.05, 3.63) is 42.2 Å². The summed E-state index contributed by atoms with van der Waals surface area (Å²) in [6, 6.07) is 3.41. The molecule has 0 aliphatic rings. The highest BCUT2D eigenvalue weighted by Gasteiger charge is 2.21. The molecule has 0 fully saturated rings. The van der Waals surface area contributed by atoms with Crippen LogP contribution in [0.4, 0.5) is 14.6 Å². The lowest BCUT2D eigenvalue weighted by Crippen LogP contribution is -2.01. The SMILES string of the molecule is CCn1c(-c2nonc2N)nc2cncc(-c3ccc(F)cc3F)c21.Cl. The van der Waals surface area contributed by atoms with Gasteiger partial charge in [-0.05, 0) is 29.4 Å². The van der Waals surface area contributed by atoms with Crippen LogP contribution in [0.1, 0.15) is 6.92 Å². The Balaban J connectivity index is 0.00000196. The van der Waals surface area contributed by atoms with Crippen LogP contribution in [0.25, 0.3) is 33.7 Å². The highest BCUT2D eigenvalue weighted by molar-refractivity contribution is 5.94. The van der Waals surface area contributed by atoms with E-state index in [1.807, 2.05) is 11.5 Å². The number of pyridine rings is 1. The average Bonchev–Trinajstić information content (AvgIpc) is 3.17. The lowest BCUT2D eigenvalue weighted by atomic mass is 10.1. The lowest BCUT2D eigenvalue weighted by Gasteiger charge is -2.09. The predicted octanol–water partition coefficient (Wildman–Crippen LogP) is 3.45. The number of fused-ring (bicyclic) bond motifs is 1. The Bertz CT molecular complexity index is 1090. The zero-order valence-corrected chi connectivity index (χ0v) is 14.3. The van der Waals surface area contributed by atoms with E-state index < -0.39 is 11.6 Å². The first-order valence-electron chi connectivity index (χ1n) is 7.48. The molecular weight excluding hydrogens is 366 g/mol. The van der Waals surface area contributed by atoms with Crippen LogP contribution in [0.3, 0.4) is 0 Å². The number of anilines is 1. The number of nitrogens with two attached hydrogens (primary N) is 1. The molecule has 10 heteroatoms. The molecule has 134 valence electrons. The third-order valence-electron chi connectivity index (χ3n) is 3.91. The van der Waals surface area contributed by atoms with E-state index in [1.165, 1.54) is 18.3 Å². The molecule has 0 saturated carbocycles. The molecule has 1 aromatic carbocycles. The molecule has 0 amide bonds. The largest absolute Gasteiger partial charge is 0.379 e. The number of hydrogen-bond donors (Lipinski definition) is 1. The Labute approximate surface area is 152 Å². The van der Waals surface area contributed by atoms with Crippen LogP contribution >= 0.6 is 12.4 Å². The number of benzene rings is 1. The van der Waals surface area contributed by atoms with Gasteiger partial charge < -0.3 is 10.3 Å². The Morgan fingerprint density at radius 2 is 1.96 bits per heavy atom. The smallest absolute Gasteiger partial charge is 0.199 e. The second-order valence-corrected chi connectivity index (χ2v) is 5.36. The van der Waals surface area contributed by atoms with Crippen molar-refractivity contribution in [2.75, 3.05) is 5.73 Å². The Hall–Kier alpha value is -3.07. The highest BCUT2D eigenvalue weighted by atomic mass is 35.5. The van der Waals surface area contributed by atoms with E-state index in [2.05, 4.69) is 24.9 Å². The topological polar surface area (TPSA) is 95.7 Å². The molecule has 4 rings (SSSR count). The number of halogens is 3. The number of nitrogen functional groups attached to an aromatic ring is 1. The van der Waals surface area contributed by atoms with Crippen molar-refractivity contribution in [2.24, 2.45) is 0 Å². The summed E-state index contributed by atoms with van der Waals surface area (Å²) in [6.45, 7) is 2.41. The van der Waals surface area contributed by atoms with Crippen LogP contribution < -0.4 is 5.73 Å². The first-order valence-corrected chi connectivity index (χ1v) is 7.48. The van der Waals surface area contributed by atoms with E-state index >= 15 is 0 Å². The molecule has 0 aliphatic heterocycles. The number of nitrogens with zero attached hydrogens (tertiary/aromatic N) is 5. The van der Waals surface area contributed by atoms with Crippen LogP contribution in [0.5, 0.6) is 0 Å². The molecule has 0 saturated heterocycles. The van der Waals surface area contributed by atoms with Gasteiger partial charge in [-0.15, -0.1) is 12.4 Å². The van der Waals surface area contributed by atoms with Crippen molar-refractivity contribution in [1.82, 2.24) is 24.8 Å². The maximum atomic E-state index is 14.3. The van der Waals surface area contributed by atoms with Crippen molar-refractivity contribution < 1.29 is 13.4 Å². The van der Waals surface area contributed by atoms with Crippen molar-refractivity contribution >= 4 is 29.3 Å². The molecule has 0 aliphatic carbocycles. The summed E-state index contributed by atoms with van der Waals surface area (Å²) < 4.78 is 34.0. The van der Waals surface area contributed by atoms with E-state index in [4.69, 9.17) is 5.73 Å². The summed E-state index contributed by atoms with van der Waals surface area (Å²) in [5.74, 6) is -0.782. The van der Waals surface area contributed by atoms with Gasteiger partial charge in [0.05, 0.1) is 11.7 Å². The molecule has 26 heavy (non-hydrogen) atoms. The fourth-order valence-corrected chi connectivity index (χ4v) is 2.83. The van der Waals surface area contributed by atoms with Crippen LogP contribution in [-0.4, -0.2) is 24.8 Å². The van der Waals surface area contributed by atoms with Gasteiger partial charge in [-0.1, -0.05) is 0 Å². The molecule has 0 spiro atoms. The number of hydrogen-bond acceptors (Lipinski definition) is 6. The zero-order valence-electron chi connectivity index (χ0n) is 13.5. The van der Waals surface area contributed by atoms with Crippen LogP contribution in [-0.2, 0) is 6.54 Å². The van der Waals surface area contributed by atoms with Gasteiger partial charge in [-0.2, -0.15) is 0 Å². The van der Waals surface area contributed by atoms with Crippen LogP contribution in [0.2, 0.25) is 0 Å². The van der Waals surface area contributed by atoms with Gasteiger partial charge in [0.25, 0.3) is 0 Å². The normalized spacial score (nSPS) is 10.9. The molecule has 0 bridgehead atoms. The minimum Gasteiger partial charge on any atom is -0.379 e. The molecule has 0 unspecified atom stereocenters. The molecule has 3 heterocycles. The Kier molecular flexibility index (Phi) is 4.56. The maximum absolute atomic E-state index is 14.3. The standard InChI is InChI=1S/C16H12F2N6O.ClH/c1-2-24-14-10(9-4-3-8(17)5-11(9)18)6-20-7-12(14)21-16(24)13-15(19)23-25-22-13;/h3-7H,2H2,1H3,(H2,19,23);1H. The van der Waals surface area contributed by atoms with Crippen molar-refractivity contribution in [3.8, 4) is 22.6 Å². The summed E-state index contributed by atoms with van der Waals surface area (Å²) in [7, 11) is 0. The number of aryl methyl sites for hydroxylation is 1. The van der Waals surface area contributed by atoms with Gasteiger partial charge in [0.15, 0.2) is 17.3 Å². The Morgan fingerprint density at radius 1 is 1.15 bits per heavy atom. The number of rotatable bonds is 3. The summed E-state index contributed by atoms with van der Waals surface area (Å²) in [5.41, 5.74) is 7.95. The van der Waals surface area contributed by atoms with Gasteiger partial charge in [0.1, 0.15) is 17.2 Å². The van der Waals surface area contributed by atoms with Gasteiger partial charge in [0, 0.05) is 29.9 Å². The van der Waals surface area contributed by atoms with Crippen LogP contribution in [0, 0.1) is 11.6 Å². The minimum atomic E-state index is -0.678. The molecule has 2 N–H and O–H groups in total. The summed E-state index contributed by atoms with van der Waals surface area (Å²) in [6.07, 6.45) is 3.07. The quantitative estimate of drug-likeness (QED) is 0.586. The average molecular weight is 379 g/mol. The highest BCUT2D eigenvalue weighted by Crippen LogP contribution is 2.33. The van der Waals surface area contributed by atoms with Gasteiger partial charge in [-0.3, -0.25) is 4.98 Å². The van der Waals surface area contributed by atoms with Crippen molar-refractivity contribution in [1.29, 1.82) is 0 Å². The fraction of sp³-hybridized carbons (Fsp3) is 0.125. The van der Waals surface area contributed by atoms with Gasteiger partial charge in [0.2, 0.25) is 0 Å². The molecule has 0 atom stereocenters. The number of imidazole rings is 1. The second kappa shape index (κ2) is 6.68. The third kappa shape index (κ3) is 2.66. The zero-order chi connectivity index (χ0) is 17.6. The number of aromatic nitrogens is 5. The summed E-state index contributed by atoms with van der Waals surface area (Å²) >= 11 is 0. The summed E-state index contributed by atoms with van der Waals surface area (Å²) in [5, 5.41) is 7.35. The van der Waals surface area contributed by atoms with E-state index in [9.17, 15) is 8.78 Å². The molecular formula is C16H13ClF2N6O. The van der Waals surface area contributed by atoms with Crippen LogP contribution in [0.15, 0.2) is 35.2 Å². The molecule has 0 radical (unpaired) electrons.